The van der Waals surface area contributed by atoms with Gasteiger partial charge in [0.05, 0.1) is 16.8 Å². The van der Waals surface area contributed by atoms with Crippen molar-refractivity contribution in [1.82, 2.24) is 5.32 Å². The van der Waals surface area contributed by atoms with E-state index in [1.165, 1.54) is 0 Å². The van der Waals surface area contributed by atoms with Crippen molar-refractivity contribution < 1.29 is 9.53 Å². The van der Waals surface area contributed by atoms with Gasteiger partial charge in [0, 0.05) is 13.2 Å². The predicted molar refractivity (Wildman–Crippen MR) is 67.4 cm³/mol. The number of amides is 2. The van der Waals surface area contributed by atoms with E-state index in [0.717, 1.165) is 19.4 Å². The number of rotatable bonds is 3. The molecule has 0 aliphatic carbocycles. The Bertz CT molecular complexity index is 392. The average molecular weight is 255 g/mol. The van der Waals surface area contributed by atoms with Crippen LogP contribution in [0.3, 0.4) is 0 Å². The molecule has 1 aliphatic rings. The number of benzene rings is 1. The van der Waals surface area contributed by atoms with Crippen LogP contribution >= 0.6 is 11.6 Å². The fraction of sp³-hybridized carbons (Fsp3) is 0.417. The number of urea groups is 1. The molecule has 17 heavy (non-hydrogen) atoms. The van der Waals surface area contributed by atoms with E-state index in [0.29, 0.717) is 17.3 Å². The second-order valence-electron chi connectivity index (χ2n) is 3.95. The van der Waals surface area contributed by atoms with E-state index >= 15 is 0 Å². The molecule has 1 heterocycles. The summed E-state index contributed by atoms with van der Waals surface area (Å²) in [7, 11) is 0. The summed E-state index contributed by atoms with van der Waals surface area (Å²) in [5.41, 5.74) is 0.610. The number of nitrogens with one attached hydrogen (secondary N) is 2. The first kappa shape index (κ1) is 12.2. The van der Waals surface area contributed by atoms with Crippen LogP contribution in [-0.4, -0.2) is 25.3 Å². The van der Waals surface area contributed by atoms with Gasteiger partial charge in [0.2, 0.25) is 0 Å². The zero-order valence-corrected chi connectivity index (χ0v) is 10.2. The van der Waals surface area contributed by atoms with E-state index < -0.39 is 0 Å². The van der Waals surface area contributed by atoms with Gasteiger partial charge in [-0.15, -0.1) is 0 Å². The molecule has 1 fully saturated rings. The predicted octanol–water partition coefficient (Wildman–Crippen LogP) is 2.64. The third kappa shape index (κ3) is 3.61. The minimum Gasteiger partial charge on any atom is -0.376 e. The number of para-hydroxylation sites is 1. The van der Waals surface area contributed by atoms with Crippen LogP contribution in [0.25, 0.3) is 0 Å². The molecular formula is C12H15ClN2O2. The molecule has 0 saturated carbocycles. The lowest BCUT2D eigenvalue weighted by Gasteiger charge is -2.12. The molecule has 2 amide bonds. The zero-order valence-electron chi connectivity index (χ0n) is 9.41. The first-order chi connectivity index (χ1) is 8.25. The normalized spacial score (nSPS) is 19.0. The Hall–Kier alpha value is -1.26. The highest BCUT2D eigenvalue weighted by Gasteiger charge is 2.16. The monoisotopic (exact) mass is 254 g/mol. The van der Waals surface area contributed by atoms with Crippen LogP contribution in [0.4, 0.5) is 10.5 Å². The lowest BCUT2D eigenvalue weighted by molar-refractivity contribution is 0.112. The van der Waals surface area contributed by atoms with Gasteiger partial charge in [-0.2, -0.15) is 0 Å². The fourth-order valence-electron chi connectivity index (χ4n) is 1.74. The maximum absolute atomic E-state index is 11.6. The molecular weight excluding hydrogens is 240 g/mol. The van der Waals surface area contributed by atoms with E-state index in [4.69, 9.17) is 16.3 Å². The van der Waals surface area contributed by atoms with Gasteiger partial charge in [-0.25, -0.2) is 4.79 Å². The van der Waals surface area contributed by atoms with Crippen molar-refractivity contribution in [2.75, 3.05) is 18.5 Å². The van der Waals surface area contributed by atoms with Crippen molar-refractivity contribution in [1.29, 1.82) is 0 Å². The lowest BCUT2D eigenvalue weighted by atomic mass is 10.2. The summed E-state index contributed by atoms with van der Waals surface area (Å²) in [5.74, 6) is 0. The highest BCUT2D eigenvalue weighted by atomic mass is 35.5. The maximum atomic E-state index is 11.6. The van der Waals surface area contributed by atoms with Crippen LogP contribution in [0.1, 0.15) is 12.8 Å². The molecule has 0 bridgehead atoms. The molecule has 92 valence electrons. The van der Waals surface area contributed by atoms with Gasteiger partial charge in [-0.05, 0) is 25.0 Å². The number of carbonyl (C=O) groups excluding carboxylic acids is 1. The van der Waals surface area contributed by atoms with E-state index in [2.05, 4.69) is 10.6 Å². The number of hydrogen-bond acceptors (Lipinski definition) is 2. The second-order valence-corrected chi connectivity index (χ2v) is 4.36. The number of halogens is 1. The number of ether oxygens (including phenoxy) is 1. The van der Waals surface area contributed by atoms with Crippen LogP contribution in [-0.2, 0) is 4.74 Å². The highest BCUT2D eigenvalue weighted by molar-refractivity contribution is 6.33. The molecule has 0 radical (unpaired) electrons. The smallest absolute Gasteiger partial charge is 0.319 e. The summed E-state index contributed by atoms with van der Waals surface area (Å²) in [6.45, 7) is 1.33. The summed E-state index contributed by atoms with van der Waals surface area (Å²) in [5, 5.41) is 5.99. The van der Waals surface area contributed by atoms with Crippen molar-refractivity contribution in [2.24, 2.45) is 0 Å². The van der Waals surface area contributed by atoms with Gasteiger partial charge in [0.1, 0.15) is 0 Å². The van der Waals surface area contributed by atoms with Crippen molar-refractivity contribution >= 4 is 23.3 Å². The van der Waals surface area contributed by atoms with Gasteiger partial charge < -0.3 is 15.4 Å². The Morgan fingerprint density at radius 1 is 1.47 bits per heavy atom. The molecule has 0 spiro atoms. The van der Waals surface area contributed by atoms with E-state index in [9.17, 15) is 4.79 Å². The number of anilines is 1. The second kappa shape index (κ2) is 5.89. The Balaban J connectivity index is 1.79. The van der Waals surface area contributed by atoms with Gasteiger partial charge in [-0.1, -0.05) is 23.7 Å². The van der Waals surface area contributed by atoms with Crippen LogP contribution in [0.15, 0.2) is 24.3 Å². The minimum atomic E-state index is -0.256. The van der Waals surface area contributed by atoms with Crippen molar-refractivity contribution in [3.8, 4) is 0 Å². The zero-order chi connectivity index (χ0) is 12.1. The highest BCUT2D eigenvalue weighted by Crippen LogP contribution is 2.20. The van der Waals surface area contributed by atoms with Gasteiger partial charge in [0.25, 0.3) is 0 Å². The molecule has 1 saturated heterocycles. The fourth-order valence-corrected chi connectivity index (χ4v) is 1.92. The van der Waals surface area contributed by atoms with Crippen LogP contribution in [0.2, 0.25) is 5.02 Å². The first-order valence-electron chi connectivity index (χ1n) is 5.66. The molecule has 1 unspecified atom stereocenters. The standard InChI is InChI=1S/C12H15ClN2O2/c13-10-5-1-2-6-11(10)15-12(16)14-8-9-4-3-7-17-9/h1-2,5-6,9H,3-4,7-8H2,(H2,14,15,16). The van der Waals surface area contributed by atoms with Crippen molar-refractivity contribution in [3.63, 3.8) is 0 Å². The third-order valence-corrected chi connectivity index (χ3v) is 2.97. The largest absolute Gasteiger partial charge is 0.376 e. The molecule has 1 aromatic rings. The van der Waals surface area contributed by atoms with Gasteiger partial charge >= 0.3 is 6.03 Å². The quantitative estimate of drug-likeness (QED) is 0.871. The molecule has 4 nitrogen and oxygen atoms in total. The Kier molecular flexibility index (Phi) is 4.23. The summed E-state index contributed by atoms with van der Waals surface area (Å²) in [6, 6.07) is 6.87. The van der Waals surface area contributed by atoms with Crippen molar-refractivity contribution in [3.05, 3.63) is 29.3 Å². The number of carbonyl (C=O) groups is 1. The molecule has 1 aromatic carbocycles. The topological polar surface area (TPSA) is 50.4 Å². The maximum Gasteiger partial charge on any atom is 0.319 e. The van der Waals surface area contributed by atoms with Gasteiger partial charge in [0.15, 0.2) is 0 Å². The average Bonchev–Trinajstić information content (AvgIpc) is 2.82. The molecule has 1 aliphatic heterocycles. The van der Waals surface area contributed by atoms with Crippen molar-refractivity contribution in [2.45, 2.75) is 18.9 Å². The Morgan fingerprint density at radius 3 is 3.00 bits per heavy atom. The van der Waals surface area contributed by atoms with Gasteiger partial charge in [-0.3, -0.25) is 0 Å². The minimum absolute atomic E-state index is 0.145. The van der Waals surface area contributed by atoms with E-state index in [1.54, 1.807) is 12.1 Å². The molecule has 5 heteroatoms. The molecule has 2 N–H and O–H groups in total. The SMILES string of the molecule is O=C(NCC1CCCO1)Nc1ccccc1Cl. The molecule has 1 atom stereocenters. The van der Waals surface area contributed by atoms with Crippen LogP contribution in [0, 0.1) is 0 Å². The Morgan fingerprint density at radius 2 is 2.29 bits per heavy atom. The van der Waals surface area contributed by atoms with Crippen LogP contribution < -0.4 is 10.6 Å². The summed E-state index contributed by atoms with van der Waals surface area (Å²) in [4.78, 5) is 11.6. The van der Waals surface area contributed by atoms with E-state index in [-0.39, 0.29) is 12.1 Å². The third-order valence-electron chi connectivity index (χ3n) is 2.64. The summed E-state index contributed by atoms with van der Waals surface area (Å²) in [6.07, 6.45) is 2.22. The molecule has 0 aromatic heterocycles. The summed E-state index contributed by atoms with van der Waals surface area (Å²) >= 11 is 5.93. The Labute approximate surface area is 105 Å². The first-order valence-corrected chi connectivity index (χ1v) is 6.04. The number of hydrogen-bond donors (Lipinski definition) is 2. The summed E-state index contributed by atoms with van der Waals surface area (Å²) < 4.78 is 5.41. The van der Waals surface area contributed by atoms with Crippen LogP contribution in [0.5, 0.6) is 0 Å². The lowest BCUT2D eigenvalue weighted by Crippen LogP contribution is -2.35. The van der Waals surface area contributed by atoms with E-state index in [1.807, 2.05) is 12.1 Å². The molecule has 2 rings (SSSR count).